The minimum absolute atomic E-state index is 0.000502. The zero-order chi connectivity index (χ0) is 40.5. The molecule has 0 radical (unpaired) electrons. The zero-order valence-electron chi connectivity index (χ0n) is 34.6. The lowest BCUT2D eigenvalue weighted by Gasteiger charge is -2.34. The molecule has 0 bridgehead atoms. The van der Waals surface area contributed by atoms with Crippen molar-refractivity contribution in [2.24, 2.45) is 0 Å². The lowest BCUT2D eigenvalue weighted by atomic mass is 9.87. The van der Waals surface area contributed by atoms with Gasteiger partial charge in [-0.05, 0) is 80.9 Å². The van der Waals surface area contributed by atoms with Crippen molar-refractivity contribution in [1.29, 1.82) is 0 Å². The Labute approximate surface area is 347 Å². The summed E-state index contributed by atoms with van der Waals surface area (Å²) in [5.74, 6) is 1.79. The van der Waals surface area contributed by atoms with Gasteiger partial charge in [0.2, 0.25) is 8.07 Å². The van der Waals surface area contributed by atoms with E-state index in [0.29, 0.717) is 0 Å². The number of rotatable bonds is 6. The van der Waals surface area contributed by atoms with Gasteiger partial charge in [0.1, 0.15) is 11.6 Å². The monoisotopic (exact) mass is 780 g/mol. The molecule has 288 valence electrons. The van der Waals surface area contributed by atoms with Crippen molar-refractivity contribution >= 4 is 72.7 Å². The first-order chi connectivity index (χ1) is 28.5. The lowest BCUT2D eigenvalue weighted by Crippen LogP contribution is -2.76. The van der Waals surface area contributed by atoms with Gasteiger partial charge in [-0.15, -0.1) is 0 Å². The van der Waals surface area contributed by atoms with E-state index in [1.165, 1.54) is 43.0 Å². The maximum atomic E-state index is 5.83. The number of nitrogens with zero attached hydrogens (tertiary/aromatic N) is 4. The summed E-state index contributed by atoms with van der Waals surface area (Å²) in [6.45, 7) is 13.7. The number of para-hydroxylation sites is 4. The molecule has 0 aliphatic heterocycles. The van der Waals surface area contributed by atoms with E-state index >= 15 is 0 Å². The average Bonchev–Trinajstić information content (AvgIpc) is 3.77. The van der Waals surface area contributed by atoms with Crippen molar-refractivity contribution in [3.63, 3.8) is 0 Å². The van der Waals surface area contributed by atoms with Gasteiger partial charge in [0, 0.05) is 32.2 Å². The average molecular weight is 781 g/mol. The quantitative estimate of drug-likeness (QED) is 0.158. The van der Waals surface area contributed by atoms with E-state index in [1.54, 1.807) is 0 Å². The van der Waals surface area contributed by atoms with E-state index < -0.39 is 8.07 Å². The molecule has 4 nitrogen and oxygen atoms in total. The molecule has 0 N–H and O–H groups in total. The molecule has 0 saturated carbocycles. The Morgan fingerprint density at radius 3 is 0.949 bits per heavy atom. The van der Waals surface area contributed by atoms with Crippen molar-refractivity contribution in [1.82, 2.24) is 19.1 Å². The van der Waals surface area contributed by atoms with Crippen LogP contribution >= 0.6 is 0 Å². The molecule has 10 rings (SSSR count). The highest BCUT2D eigenvalue weighted by Gasteiger charge is 2.45. The number of aromatic nitrogens is 4. The van der Waals surface area contributed by atoms with Gasteiger partial charge < -0.3 is 0 Å². The molecular weight excluding hydrogens is 733 g/mol. The normalized spacial score (nSPS) is 12.6. The molecule has 0 spiro atoms. The molecule has 0 atom stereocenters. The lowest BCUT2D eigenvalue weighted by molar-refractivity contribution is 0.590. The van der Waals surface area contributed by atoms with Crippen molar-refractivity contribution < 1.29 is 0 Å². The third-order valence-electron chi connectivity index (χ3n) is 12.2. The molecule has 59 heavy (non-hydrogen) atoms. The Morgan fingerprint density at radius 1 is 0.339 bits per heavy atom. The summed E-state index contributed by atoms with van der Waals surface area (Å²) < 4.78 is 4.67. The van der Waals surface area contributed by atoms with Crippen LogP contribution in [0.3, 0.4) is 0 Å². The number of hydrogen-bond donors (Lipinski definition) is 0. The Kier molecular flexibility index (Phi) is 8.59. The Morgan fingerprint density at radius 2 is 0.644 bits per heavy atom. The Bertz CT molecular complexity index is 2850. The molecule has 4 heterocycles. The molecular formula is C54H48N4Si. The van der Waals surface area contributed by atoms with Gasteiger partial charge in [0.05, 0.1) is 22.1 Å². The fourth-order valence-corrected chi connectivity index (χ4v) is 13.6. The van der Waals surface area contributed by atoms with Crippen LogP contribution in [0.2, 0.25) is 0 Å². The molecule has 0 saturated heterocycles. The van der Waals surface area contributed by atoms with Crippen LogP contribution in [-0.4, -0.2) is 27.2 Å². The summed E-state index contributed by atoms with van der Waals surface area (Å²) in [5.41, 5.74) is 7.16. The first-order valence-corrected chi connectivity index (χ1v) is 22.7. The number of benzene rings is 6. The molecule has 5 heteroatoms. The number of fused-ring (bicyclic) bond motifs is 6. The highest BCUT2D eigenvalue weighted by molar-refractivity contribution is 7.19. The summed E-state index contributed by atoms with van der Waals surface area (Å²) in [6.07, 6.45) is 0. The summed E-state index contributed by atoms with van der Waals surface area (Å²) in [6, 6.07) is 66.7. The van der Waals surface area contributed by atoms with E-state index in [0.717, 1.165) is 44.3 Å². The highest BCUT2D eigenvalue weighted by Crippen LogP contribution is 2.33. The van der Waals surface area contributed by atoms with Crippen LogP contribution in [0, 0.1) is 0 Å². The number of pyridine rings is 2. The first kappa shape index (κ1) is 36.8. The summed E-state index contributed by atoms with van der Waals surface area (Å²) >= 11 is 0. The van der Waals surface area contributed by atoms with Crippen molar-refractivity contribution in [3.8, 4) is 11.6 Å². The minimum Gasteiger partial charge on any atom is -0.294 e. The molecule has 0 aliphatic carbocycles. The van der Waals surface area contributed by atoms with Gasteiger partial charge in [-0.1, -0.05) is 175 Å². The van der Waals surface area contributed by atoms with E-state index in [2.05, 4.69) is 233 Å². The van der Waals surface area contributed by atoms with Crippen LogP contribution in [-0.2, 0) is 10.8 Å². The van der Waals surface area contributed by atoms with E-state index in [9.17, 15) is 0 Å². The second-order valence-corrected chi connectivity index (χ2v) is 21.6. The SMILES string of the molecule is CC(C)(C)c1ccc([Si](c2ccc(C(C)(C)C)cc2)(c2cccc(-n3c4ccccc4c4ccccc43)n2)c2cccc(-n3c4ccccc4c4ccccc43)n2)cc1. The van der Waals surface area contributed by atoms with Crippen LogP contribution in [0.15, 0.2) is 182 Å². The third kappa shape index (κ3) is 5.94. The molecule has 0 amide bonds. The number of hydrogen-bond acceptors (Lipinski definition) is 2. The van der Waals surface area contributed by atoms with Gasteiger partial charge in [0.15, 0.2) is 0 Å². The predicted octanol–water partition coefficient (Wildman–Crippen LogP) is 10.6. The van der Waals surface area contributed by atoms with E-state index in [1.807, 2.05) is 0 Å². The van der Waals surface area contributed by atoms with Crippen LogP contribution < -0.4 is 21.0 Å². The van der Waals surface area contributed by atoms with Crippen molar-refractivity contribution in [2.45, 2.75) is 52.4 Å². The molecule has 0 aliphatic rings. The third-order valence-corrected chi connectivity index (χ3v) is 16.7. The van der Waals surface area contributed by atoms with Gasteiger partial charge >= 0.3 is 0 Å². The molecule has 10 aromatic rings. The predicted molar refractivity (Wildman–Crippen MR) is 252 cm³/mol. The highest BCUT2D eigenvalue weighted by atomic mass is 28.3. The van der Waals surface area contributed by atoms with Crippen LogP contribution in [0.1, 0.15) is 52.7 Å². The van der Waals surface area contributed by atoms with Gasteiger partial charge in [0.25, 0.3) is 0 Å². The van der Waals surface area contributed by atoms with Crippen LogP contribution in [0.25, 0.3) is 55.2 Å². The fraction of sp³-hybridized carbons (Fsp3) is 0.148. The van der Waals surface area contributed by atoms with Crippen LogP contribution in [0.5, 0.6) is 0 Å². The maximum absolute atomic E-state index is 5.83. The van der Waals surface area contributed by atoms with Crippen LogP contribution in [0.4, 0.5) is 0 Å². The first-order valence-electron chi connectivity index (χ1n) is 20.7. The minimum atomic E-state index is -3.27. The second kappa shape index (κ2) is 13.8. The van der Waals surface area contributed by atoms with Gasteiger partial charge in [-0.3, -0.25) is 9.13 Å². The smallest absolute Gasteiger partial charge is 0.223 e. The van der Waals surface area contributed by atoms with Gasteiger partial charge in [-0.25, -0.2) is 9.97 Å². The summed E-state index contributed by atoms with van der Waals surface area (Å²) in [7, 11) is -3.27. The topological polar surface area (TPSA) is 35.6 Å². The van der Waals surface area contributed by atoms with Crippen molar-refractivity contribution in [3.05, 3.63) is 193 Å². The maximum Gasteiger partial charge on any atom is 0.223 e. The van der Waals surface area contributed by atoms with Gasteiger partial charge in [-0.2, -0.15) is 0 Å². The largest absolute Gasteiger partial charge is 0.294 e. The fourth-order valence-electron chi connectivity index (χ4n) is 9.18. The Balaban J connectivity index is 1.31. The molecule has 0 unspecified atom stereocenters. The zero-order valence-corrected chi connectivity index (χ0v) is 35.6. The summed E-state index contributed by atoms with van der Waals surface area (Å²) in [4.78, 5) is 11.7. The molecule has 6 aromatic carbocycles. The summed E-state index contributed by atoms with van der Waals surface area (Å²) in [5, 5.41) is 9.43. The molecule has 4 aromatic heterocycles. The van der Waals surface area contributed by atoms with E-state index in [-0.39, 0.29) is 10.8 Å². The van der Waals surface area contributed by atoms with Crippen molar-refractivity contribution in [2.75, 3.05) is 0 Å². The molecule has 0 fully saturated rings. The Hall–Kier alpha value is -6.56. The standard InChI is InChI=1S/C54H48N4Si/c1-53(2,3)37-29-33-39(34-30-37)59(40-35-31-38(32-36-40)54(4,5)6,51-27-15-25-49(55-51)57-45-21-11-7-17-41(45)42-18-8-12-22-46(42)57)52-28-16-26-50(56-52)58-47-23-13-9-19-43(47)44-20-10-14-24-48(44)58/h7-36H,1-6H3. The van der Waals surface area contributed by atoms with E-state index in [4.69, 9.17) is 9.97 Å². The second-order valence-electron chi connectivity index (χ2n) is 17.9.